The zero-order chi connectivity index (χ0) is 19.8. The van der Waals surface area contributed by atoms with Crippen LogP contribution in [0, 0.1) is 6.92 Å². The van der Waals surface area contributed by atoms with Crippen LogP contribution >= 0.6 is 0 Å². The third kappa shape index (κ3) is 5.33. The van der Waals surface area contributed by atoms with Crippen molar-refractivity contribution in [3.05, 3.63) is 59.9 Å². The van der Waals surface area contributed by atoms with E-state index in [4.69, 9.17) is 18.7 Å². The summed E-state index contributed by atoms with van der Waals surface area (Å²) < 4.78 is 21.4. The number of ether oxygens (including phenoxy) is 3. The maximum atomic E-state index is 12.1. The van der Waals surface area contributed by atoms with E-state index in [2.05, 4.69) is 17.1 Å². The van der Waals surface area contributed by atoms with Crippen LogP contribution in [0.1, 0.15) is 29.5 Å². The van der Waals surface area contributed by atoms with Crippen LogP contribution in [0.5, 0.6) is 11.5 Å². The van der Waals surface area contributed by atoms with Crippen molar-refractivity contribution in [3.63, 3.8) is 0 Å². The van der Waals surface area contributed by atoms with Gasteiger partial charge >= 0.3 is 5.97 Å². The van der Waals surface area contributed by atoms with Gasteiger partial charge in [0, 0.05) is 5.56 Å². The molecular weight excluding hydrogens is 360 g/mol. The fourth-order valence-corrected chi connectivity index (χ4v) is 2.39. The van der Waals surface area contributed by atoms with Crippen LogP contribution in [0.2, 0.25) is 0 Å². The SMILES string of the molecule is CCCOc1ccc(OCCOC(=O)c2ccc(-c3nc(C)no3)cc2)cc1. The van der Waals surface area contributed by atoms with Gasteiger partial charge in [-0.05, 0) is 61.9 Å². The lowest BCUT2D eigenvalue weighted by Crippen LogP contribution is -2.12. The van der Waals surface area contributed by atoms with E-state index in [0.717, 1.165) is 17.7 Å². The second kappa shape index (κ2) is 9.55. The molecule has 3 aromatic rings. The van der Waals surface area contributed by atoms with E-state index in [-0.39, 0.29) is 13.2 Å². The predicted octanol–water partition coefficient (Wildman–Crippen LogP) is 4.07. The molecule has 0 amide bonds. The van der Waals surface area contributed by atoms with Gasteiger partial charge in [0.1, 0.15) is 24.7 Å². The highest BCUT2D eigenvalue weighted by atomic mass is 16.6. The molecule has 28 heavy (non-hydrogen) atoms. The quantitative estimate of drug-likeness (QED) is 0.407. The van der Waals surface area contributed by atoms with Crippen LogP contribution in [0.25, 0.3) is 11.5 Å². The summed E-state index contributed by atoms with van der Waals surface area (Å²) >= 11 is 0. The Labute approximate surface area is 163 Å². The molecule has 2 aromatic carbocycles. The number of rotatable bonds is 9. The monoisotopic (exact) mass is 382 g/mol. The van der Waals surface area contributed by atoms with Gasteiger partial charge in [-0.15, -0.1) is 0 Å². The molecule has 0 fully saturated rings. The number of esters is 1. The molecule has 7 nitrogen and oxygen atoms in total. The summed E-state index contributed by atoms with van der Waals surface area (Å²) in [6.45, 7) is 4.90. The predicted molar refractivity (Wildman–Crippen MR) is 102 cm³/mol. The molecule has 7 heteroatoms. The molecule has 0 spiro atoms. The molecule has 146 valence electrons. The molecule has 0 aliphatic heterocycles. The van der Waals surface area contributed by atoms with Crippen molar-refractivity contribution in [1.29, 1.82) is 0 Å². The van der Waals surface area contributed by atoms with Crippen molar-refractivity contribution in [2.24, 2.45) is 0 Å². The molecule has 0 aliphatic carbocycles. The smallest absolute Gasteiger partial charge is 0.338 e. The summed E-state index contributed by atoms with van der Waals surface area (Å²) in [5.74, 6) is 2.05. The van der Waals surface area contributed by atoms with E-state index in [9.17, 15) is 4.79 Å². The van der Waals surface area contributed by atoms with Crippen molar-refractivity contribution in [3.8, 4) is 23.0 Å². The molecule has 0 saturated carbocycles. The summed E-state index contributed by atoms with van der Waals surface area (Å²) in [5, 5.41) is 3.74. The minimum Gasteiger partial charge on any atom is -0.494 e. The van der Waals surface area contributed by atoms with Gasteiger partial charge in [0.15, 0.2) is 5.82 Å². The fraction of sp³-hybridized carbons (Fsp3) is 0.286. The Morgan fingerprint density at radius 3 is 2.14 bits per heavy atom. The lowest BCUT2D eigenvalue weighted by atomic mass is 10.1. The van der Waals surface area contributed by atoms with Gasteiger partial charge in [0.25, 0.3) is 5.89 Å². The Morgan fingerprint density at radius 1 is 0.929 bits per heavy atom. The first-order chi connectivity index (χ1) is 13.7. The maximum Gasteiger partial charge on any atom is 0.338 e. The van der Waals surface area contributed by atoms with E-state index < -0.39 is 5.97 Å². The summed E-state index contributed by atoms with van der Waals surface area (Å²) in [5.41, 5.74) is 1.18. The van der Waals surface area contributed by atoms with Crippen LogP contribution in [-0.2, 0) is 4.74 Å². The number of hydrogen-bond donors (Lipinski definition) is 0. The third-order valence-corrected chi connectivity index (χ3v) is 3.78. The van der Waals surface area contributed by atoms with Crippen LogP contribution < -0.4 is 9.47 Å². The molecule has 0 unspecified atom stereocenters. The molecule has 1 heterocycles. The van der Waals surface area contributed by atoms with Gasteiger partial charge in [0.2, 0.25) is 0 Å². The lowest BCUT2D eigenvalue weighted by Gasteiger charge is -2.09. The summed E-state index contributed by atoms with van der Waals surface area (Å²) in [4.78, 5) is 16.3. The van der Waals surface area contributed by atoms with Crippen molar-refractivity contribution in [2.45, 2.75) is 20.3 Å². The standard InChI is InChI=1S/C21H22N2O5/c1-3-12-25-18-8-10-19(11-9-18)26-13-14-27-21(24)17-6-4-16(5-7-17)20-22-15(2)23-28-20/h4-11H,3,12-14H2,1-2H3. The van der Waals surface area contributed by atoms with Crippen molar-refractivity contribution in [1.82, 2.24) is 10.1 Å². The second-order valence-corrected chi connectivity index (χ2v) is 6.03. The van der Waals surface area contributed by atoms with Gasteiger partial charge in [-0.2, -0.15) is 4.98 Å². The average molecular weight is 382 g/mol. The van der Waals surface area contributed by atoms with Gasteiger partial charge < -0.3 is 18.7 Å². The summed E-state index contributed by atoms with van der Waals surface area (Å²) in [6, 6.07) is 14.1. The molecule has 0 bridgehead atoms. The summed E-state index contributed by atoms with van der Waals surface area (Å²) in [6.07, 6.45) is 0.961. The highest BCUT2D eigenvalue weighted by molar-refractivity contribution is 5.89. The first-order valence-electron chi connectivity index (χ1n) is 9.09. The van der Waals surface area contributed by atoms with Crippen molar-refractivity contribution < 1.29 is 23.5 Å². The first-order valence-corrected chi connectivity index (χ1v) is 9.09. The molecule has 0 atom stereocenters. The molecular formula is C21H22N2O5. The van der Waals surface area contributed by atoms with E-state index in [1.165, 1.54) is 0 Å². The average Bonchev–Trinajstić information content (AvgIpc) is 3.17. The fourth-order valence-electron chi connectivity index (χ4n) is 2.39. The Balaban J connectivity index is 1.43. The number of aryl methyl sites for hydroxylation is 1. The largest absolute Gasteiger partial charge is 0.494 e. The number of hydrogen-bond acceptors (Lipinski definition) is 7. The Bertz CT molecular complexity index is 888. The number of benzene rings is 2. The lowest BCUT2D eigenvalue weighted by molar-refractivity contribution is 0.0450. The molecule has 0 aliphatic rings. The van der Waals surface area contributed by atoms with E-state index in [1.807, 2.05) is 24.3 Å². The highest BCUT2D eigenvalue weighted by Gasteiger charge is 2.10. The topological polar surface area (TPSA) is 83.7 Å². The first kappa shape index (κ1) is 19.4. The van der Waals surface area contributed by atoms with Crippen molar-refractivity contribution >= 4 is 5.97 Å². The normalized spacial score (nSPS) is 10.5. The van der Waals surface area contributed by atoms with E-state index in [1.54, 1.807) is 31.2 Å². The Kier molecular flexibility index (Phi) is 6.62. The van der Waals surface area contributed by atoms with E-state index in [0.29, 0.717) is 29.6 Å². The van der Waals surface area contributed by atoms with Crippen LogP contribution in [0.15, 0.2) is 53.1 Å². The minimum absolute atomic E-state index is 0.150. The molecule has 1 aromatic heterocycles. The Morgan fingerprint density at radius 2 is 1.57 bits per heavy atom. The third-order valence-electron chi connectivity index (χ3n) is 3.78. The number of nitrogens with zero attached hydrogens (tertiary/aromatic N) is 2. The molecule has 0 radical (unpaired) electrons. The number of carbonyl (C=O) groups is 1. The van der Waals surface area contributed by atoms with Gasteiger partial charge in [-0.1, -0.05) is 12.1 Å². The van der Waals surface area contributed by atoms with Crippen molar-refractivity contribution in [2.75, 3.05) is 19.8 Å². The number of carbonyl (C=O) groups excluding carboxylic acids is 1. The van der Waals surface area contributed by atoms with Gasteiger partial charge in [-0.25, -0.2) is 4.79 Å². The zero-order valence-electron chi connectivity index (χ0n) is 15.9. The van der Waals surface area contributed by atoms with Gasteiger partial charge in [0.05, 0.1) is 12.2 Å². The van der Waals surface area contributed by atoms with Gasteiger partial charge in [-0.3, -0.25) is 0 Å². The highest BCUT2D eigenvalue weighted by Crippen LogP contribution is 2.19. The molecule has 0 saturated heterocycles. The summed E-state index contributed by atoms with van der Waals surface area (Å²) in [7, 11) is 0. The maximum absolute atomic E-state index is 12.1. The van der Waals surface area contributed by atoms with E-state index >= 15 is 0 Å². The number of aromatic nitrogens is 2. The zero-order valence-corrected chi connectivity index (χ0v) is 15.9. The van der Waals surface area contributed by atoms with Crippen LogP contribution in [-0.4, -0.2) is 35.9 Å². The molecule has 0 N–H and O–H groups in total. The van der Waals surface area contributed by atoms with Crippen LogP contribution in [0.3, 0.4) is 0 Å². The van der Waals surface area contributed by atoms with Crippen LogP contribution in [0.4, 0.5) is 0 Å². The second-order valence-electron chi connectivity index (χ2n) is 6.03. The Hall–Kier alpha value is -3.35. The molecule has 3 rings (SSSR count). The minimum atomic E-state index is -0.417.